The minimum absolute atomic E-state index is 0.0287. The summed E-state index contributed by atoms with van der Waals surface area (Å²) in [4.78, 5) is 43.5. The summed E-state index contributed by atoms with van der Waals surface area (Å²) < 4.78 is 6.53. The fourth-order valence-corrected chi connectivity index (χ4v) is 5.03. The van der Waals surface area contributed by atoms with Crippen molar-refractivity contribution in [2.45, 2.75) is 0 Å². The van der Waals surface area contributed by atoms with Crippen molar-refractivity contribution < 1.29 is 14.3 Å². The molecule has 0 saturated heterocycles. The molecule has 7 nitrogen and oxygen atoms in total. The van der Waals surface area contributed by atoms with E-state index in [-0.39, 0.29) is 22.0 Å². The Hall–Kier alpha value is -4.04. The molecule has 0 N–H and O–H groups in total. The molecule has 2 aromatic carbocycles. The molecule has 5 aromatic rings. The summed E-state index contributed by atoms with van der Waals surface area (Å²) in [6.07, 6.45) is 3.86. The number of pyridine rings is 2. The summed E-state index contributed by atoms with van der Waals surface area (Å²) in [5, 5.41) is 0.999. The van der Waals surface area contributed by atoms with E-state index in [9.17, 15) is 14.4 Å². The van der Waals surface area contributed by atoms with Gasteiger partial charge in [0.1, 0.15) is 5.65 Å². The minimum atomic E-state index is -0.452. The monoisotopic (exact) mass is 563 g/mol. The molecule has 0 bridgehead atoms. The van der Waals surface area contributed by atoms with E-state index in [1.54, 1.807) is 30.5 Å². The molecule has 3 aromatic heterocycles. The van der Waals surface area contributed by atoms with Crippen LogP contribution in [0, 0.1) is 0 Å². The number of halogens is 3. The minimum Gasteiger partial charge on any atom is -0.480 e. The van der Waals surface area contributed by atoms with E-state index in [1.165, 1.54) is 17.7 Å². The largest absolute Gasteiger partial charge is 0.480 e. The molecular formula is C28H16Cl3N3O4. The van der Waals surface area contributed by atoms with Crippen LogP contribution in [-0.4, -0.2) is 34.1 Å². The second-order valence-electron chi connectivity index (χ2n) is 8.14. The fourth-order valence-electron chi connectivity index (χ4n) is 4.14. The van der Waals surface area contributed by atoms with E-state index >= 15 is 0 Å². The van der Waals surface area contributed by atoms with Crippen molar-refractivity contribution in [3.63, 3.8) is 0 Å². The Morgan fingerprint density at radius 2 is 1.53 bits per heavy atom. The number of aromatic nitrogens is 3. The molecule has 10 heteroatoms. The molecule has 0 aliphatic heterocycles. The van der Waals surface area contributed by atoms with Gasteiger partial charge in [-0.2, -0.15) is 0 Å². The Bertz CT molecular complexity index is 1820. The lowest BCUT2D eigenvalue weighted by molar-refractivity contribution is 0.111. The average Bonchev–Trinajstić information content (AvgIpc) is 2.93. The zero-order valence-corrected chi connectivity index (χ0v) is 21.9. The first-order chi connectivity index (χ1) is 18.4. The zero-order valence-electron chi connectivity index (χ0n) is 19.6. The Morgan fingerprint density at radius 1 is 0.868 bits per heavy atom. The van der Waals surface area contributed by atoms with E-state index in [4.69, 9.17) is 39.5 Å². The molecule has 0 aliphatic carbocycles. The topological polar surface area (TPSA) is 90.6 Å². The van der Waals surface area contributed by atoms with Gasteiger partial charge in [-0.3, -0.25) is 18.8 Å². The first-order valence-electron chi connectivity index (χ1n) is 11.1. The van der Waals surface area contributed by atoms with Crippen molar-refractivity contribution in [1.29, 1.82) is 0 Å². The van der Waals surface area contributed by atoms with Crippen molar-refractivity contribution in [2.75, 3.05) is 7.11 Å². The van der Waals surface area contributed by atoms with Gasteiger partial charge >= 0.3 is 0 Å². The fraction of sp³-hybridized carbons (Fsp3) is 0.0357. The van der Waals surface area contributed by atoms with Gasteiger partial charge in [0, 0.05) is 34.6 Å². The number of hydrogen-bond donors (Lipinski definition) is 0. The van der Waals surface area contributed by atoms with Crippen LogP contribution in [0.3, 0.4) is 0 Å². The molecular weight excluding hydrogens is 549 g/mol. The van der Waals surface area contributed by atoms with Crippen LogP contribution in [0.4, 0.5) is 0 Å². The van der Waals surface area contributed by atoms with Gasteiger partial charge in [0.15, 0.2) is 12.6 Å². The molecule has 0 amide bonds. The maximum atomic E-state index is 12.4. The van der Waals surface area contributed by atoms with Crippen LogP contribution in [0.25, 0.3) is 39.2 Å². The summed E-state index contributed by atoms with van der Waals surface area (Å²) >= 11 is 20.1. The number of aldehydes is 2. The average molecular weight is 565 g/mol. The standard InChI is InChI=1S/C28H16Cl3N3O4/c1-38-27-21(14-36)22(29)11-23(33-27)20-7-3-6-19(26(20)31)18-5-2-4-17(25(18)30)15-8-9-34-24(10-15)32-12-16(13-35)28(34)37/h2-14H,1H3. The summed E-state index contributed by atoms with van der Waals surface area (Å²) in [6.45, 7) is 0. The van der Waals surface area contributed by atoms with E-state index in [0.717, 1.165) is 5.56 Å². The summed E-state index contributed by atoms with van der Waals surface area (Å²) in [7, 11) is 1.40. The quantitative estimate of drug-likeness (QED) is 0.214. The molecule has 3 heterocycles. The highest BCUT2D eigenvalue weighted by Gasteiger charge is 2.19. The van der Waals surface area contributed by atoms with E-state index < -0.39 is 5.56 Å². The highest BCUT2D eigenvalue weighted by molar-refractivity contribution is 6.39. The summed E-state index contributed by atoms with van der Waals surface area (Å²) in [6, 6.07) is 15.9. The Balaban J connectivity index is 1.63. The Labute approximate surface area is 231 Å². The third kappa shape index (κ3) is 4.35. The SMILES string of the molecule is COc1nc(-c2cccc(-c3cccc(-c4ccn5c(=O)c(C=O)cnc5c4)c3Cl)c2Cl)cc(Cl)c1C=O. The van der Waals surface area contributed by atoms with Crippen molar-refractivity contribution in [1.82, 2.24) is 14.4 Å². The van der Waals surface area contributed by atoms with Crippen LogP contribution in [-0.2, 0) is 0 Å². The number of carbonyl (C=O) groups excluding carboxylic acids is 2. The van der Waals surface area contributed by atoms with Crippen molar-refractivity contribution in [2.24, 2.45) is 0 Å². The molecule has 0 saturated carbocycles. The number of fused-ring (bicyclic) bond motifs is 1. The summed E-state index contributed by atoms with van der Waals surface area (Å²) in [5.41, 5.74) is 3.77. The lowest BCUT2D eigenvalue weighted by atomic mass is 9.97. The third-order valence-electron chi connectivity index (χ3n) is 6.02. The van der Waals surface area contributed by atoms with Gasteiger partial charge in [-0.1, -0.05) is 71.2 Å². The predicted octanol–water partition coefficient (Wildman–Crippen LogP) is 6.68. The van der Waals surface area contributed by atoms with Crippen LogP contribution < -0.4 is 10.3 Å². The van der Waals surface area contributed by atoms with Crippen molar-refractivity contribution in [3.8, 4) is 39.4 Å². The second kappa shape index (κ2) is 10.4. The zero-order chi connectivity index (χ0) is 27.0. The molecule has 5 rings (SSSR count). The van der Waals surface area contributed by atoms with Crippen molar-refractivity contribution in [3.05, 3.63) is 104 Å². The summed E-state index contributed by atoms with van der Waals surface area (Å²) in [5.74, 6) is 0.0910. The molecule has 38 heavy (non-hydrogen) atoms. The highest BCUT2D eigenvalue weighted by atomic mass is 35.5. The molecule has 0 spiro atoms. The van der Waals surface area contributed by atoms with Crippen LogP contribution in [0.2, 0.25) is 15.1 Å². The van der Waals surface area contributed by atoms with Gasteiger partial charge in [-0.15, -0.1) is 0 Å². The number of rotatable bonds is 6. The predicted molar refractivity (Wildman–Crippen MR) is 148 cm³/mol. The molecule has 0 unspecified atom stereocenters. The van der Waals surface area contributed by atoms with Gasteiger partial charge in [0.05, 0.1) is 39.0 Å². The van der Waals surface area contributed by atoms with Gasteiger partial charge in [0.2, 0.25) is 5.88 Å². The molecule has 188 valence electrons. The highest BCUT2D eigenvalue weighted by Crippen LogP contribution is 2.43. The lowest BCUT2D eigenvalue weighted by Crippen LogP contribution is -2.18. The Morgan fingerprint density at radius 3 is 2.18 bits per heavy atom. The number of ether oxygens (including phenoxy) is 1. The molecule has 0 atom stereocenters. The van der Waals surface area contributed by atoms with Crippen molar-refractivity contribution >= 4 is 53.0 Å². The van der Waals surface area contributed by atoms with Crippen LogP contribution in [0.5, 0.6) is 5.88 Å². The van der Waals surface area contributed by atoms with Crippen LogP contribution in [0.1, 0.15) is 20.7 Å². The van der Waals surface area contributed by atoms with E-state index in [2.05, 4.69) is 9.97 Å². The van der Waals surface area contributed by atoms with E-state index in [1.807, 2.05) is 30.3 Å². The maximum Gasteiger partial charge on any atom is 0.268 e. The first kappa shape index (κ1) is 25.6. The van der Waals surface area contributed by atoms with Gasteiger partial charge < -0.3 is 4.74 Å². The van der Waals surface area contributed by atoms with Crippen LogP contribution in [0.15, 0.2) is 71.8 Å². The van der Waals surface area contributed by atoms with Gasteiger partial charge in [-0.25, -0.2) is 9.97 Å². The Kier molecular flexibility index (Phi) is 6.99. The molecule has 0 radical (unpaired) electrons. The van der Waals surface area contributed by atoms with Gasteiger partial charge in [0.25, 0.3) is 5.56 Å². The maximum absolute atomic E-state index is 12.4. The van der Waals surface area contributed by atoms with Gasteiger partial charge in [-0.05, 0) is 23.8 Å². The number of benzene rings is 2. The van der Waals surface area contributed by atoms with E-state index in [0.29, 0.717) is 56.2 Å². The van der Waals surface area contributed by atoms with Crippen LogP contribution >= 0.6 is 34.8 Å². The lowest BCUT2D eigenvalue weighted by Gasteiger charge is -2.15. The normalized spacial score (nSPS) is 10.9. The molecule has 0 aliphatic rings. The number of carbonyl (C=O) groups is 2. The third-order valence-corrected chi connectivity index (χ3v) is 7.15. The number of nitrogens with zero attached hydrogens (tertiary/aromatic N) is 3. The first-order valence-corrected chi connectivity index (χ1v) is 12.3. The second-order valence-corrected chi connectivity index (χ2v) is 9.31. The smallest absolute Gasteiger partial charge is 0.268 e. The number of hydrogen-bond acceptors (Lipinski definition) is 6. The molecule has 0 fully saturated rings. The number of methoxy groups -OCH3 is 1.